The number of nitrogens with zero attached hydrogens (tertiary/aromatic N) is 1. The summed E-state index contributed by atoms with van der Waals surface area (Å²) in [7, 11) is 0. The van der Waals surface area contributed by atoms with E-state index in [9.17, 15) is 5.11 Å². The minimum Gasteiger partial charge on any atom is -0.389 e. The number of rotatable bonds is 8. The van der Waals surface area contributed by atoms with Crippen LogP contribution >= 0.6 is 11.3 Å². The second-order valence-electron chi connectivity index (χ2n) is 3.63. The minimum atomic E-state index is -0.419. The molecule has 92 valence electrons. The average Bonchev–Trinajstić information content (AvgIpc) is 2.67. The highest BCUT2D eigenvalue weighted by Crippen LogP contribution is 2.07. The average molecular weight is 244 g/mol. The summed E-state index contributed by atoms with van der Waals surface area (Å²) in [5, 5.41) is 15.8. The predicted octanol–water partition coefficient (Wildman–Crippen LogP) is 0.981. The maximum Gasteiger partial charge on any atom is 0.0897 e. The van der Waals surface area contributed by atoms with Gasteiger partial charge in [0.1, 0.15) is 0 Å². The molecular formula is C11H20N2O2S. The van der Waals surface area contributed by atoms with Crippen molar-refractivity contribution in [2.45, 2.75) is 26.4 Å². The molecule has 1 unspecified atom stereocenters. The van der Waals surface area contributed by atoms with Gasteiger partial charge in [-0.2, -0.15) is 0 Å². The van der Waals surface area contributed by atoms with Crippen LogP contribution in [0.3, 0.4) is 0 Å². The van der Waals surface area contributed by atoms with E-state index in [4.69, 9.17) is 4.74 Å². The normalized spacial score (nSPS) is 12.9. The summed E-state index contributed by atoms with van der Waals surface area (Å²) in [5.41, 5.74) is 1.12. The van der Waals surface area contributed by atoms with Crippen LogP contribution in [0.4, 0.5) is 0 Å². The van der Waals surface area contributed by atoms with Gasteiger partial charge in [0.05, 0.1) is 23.4 Å². The number of aliphatic hydroxyl groups is 1. The molecule has 1 aromatic rings. The zero-order chi connectivity index (χ0) is 11.8. The summed E-state index contributed by atoms with van der Waals surface area (Å²) < 4.78 is 5.11. The Bertz CT molecular complexity index is 291. The van der Waals surface area contributed by atoms with Gasteiger partial charge in [0.2, 0.25) is 0 Å². The van der Waals surface area contributed by atoms with E-state index < -0.39 is 6.10 Å². The first-order chi connectivity index (χ1) is 7.72. The van der Waals surface area contributed by atoms with Crippen molar-refractivity contribution in [1.29, 1.82) is 0 Å². The molecule has 0 fully saturated rings. The van der Waals surface area contributed by atoms with E-state index in [1.165, 1.54) is 0 Å². The molecule has 1 atom stereocenters. The van der Waals surface area contributed by atoms with Gasteiger partial charge in [-0.1, -0.05) is 0 Å². The molecule has 4 nitrogen and oxygen atoms in total. The van der Waals surface area contributed by atoms with E-state index >= 15 is 0 Å². The molecule has 0 aliphatic carbocycles. The van der Waals surface area contributed by atoms with Gasteiger partial charge in [-0.15, -0.1) is 11.3 Å². The van der Waals surface area contributed by atoms with E-state index in [1.54, 1.807) is 11.3 Å². The topological polar surface area (TPSA) is 54.4 Å². The largest absolute Gasteiger partial charge is 0.389 e. The number of nitrogens with one attached hydrogen (secondary N) is 1. The molecular weight excluding hydrogens is 224 g/mol. The number of aromatic nitrogens is 1. The van der Waals surface area contributed by atoms with Crippen LogP contribution in [0, 0.1) is 6.92 Å². The second kappa shape index (κ2) is 7.73. The highest BCUT2D eigenvalue weighted by Gasteiger charge is 2.03. The van der Waals surface area contributed by atoms with Crippen molar-refractivity contribution in [3.63, 3.8) is 0 Å². The van der Waals surface area contributed by atoms with Crippen LogP contribution in [0.15, 0.2) is 5.38 Å². The molecule has 0 spiro atoms. The molecule has 1 heterocycles. The van der Waals surface area contributed by atoms with E-state index in [0.29, 0.717) is 19.8 Å². The van der Waals surface area contributed by atoms with Gasteiger partial charge in [0.15, 0.2) is 0 Å². The van der Waals surface area contributed by atoms with Crippen LogP contribution in [0.2, 0.25) is 0 Å². The molecule has 0 aliphatic rings. The van der Waals surface area contributed by atoms with Crippen LogP contribution in [0.1, 0.15) is 17.6 Å². The highest BCUT2D eigenvalue weighted by atomic mass is 32.1. The van der Waals surface area contributed by atoms with Crippen LogP contribution in [0.25, 0.3) is 0 Å². The van der Waals surface area contributed by atoms with Crippen molar-refractivity contribution in [2.24, 2.45) is 0 Å². The molecule has 0 aromatic carbocycles. The number of aryl methyl sites for hydroxylation is 1. The van der Waals surface area contributed by atoms with Gasteiger partial charge in [0, 0.05) is 31.5 Å². The molecule has 1 rings (SSSR count). The van der Waals surface area contributed by atoms with Crippen molar-refractivity contribution in [1.82, 2.24) is 10.3 Å². The van der Waals surface area contributed by atoms with Crippen molar-refractivity contribution in [2.75, 3.05) is 26.3 Å². The number of aliphatic hydroxyl groups excluding tert-OH is 1. The standard InChI is InChI=1S/C11H20N2O2S/c1-3-15-7-11(14)6-12-5-4-10-8-16-9(2)13-10/h8,11-12,14H,3-7H2,1-2H3. The van der Waals surface area contributed by atoms with Gasteiger partial charge >= 0.3 is 0 Å². The van der Waals surface area contributed by atoms with Crippen LogP contribution in [0.5, 0.6) is 0 Å². The van der Waals surface area contributed by atoms with Crippen molar-refractivity contribution < 1.29 is 9.84 Å². The Morgan fingerprint density at radius 2 is 2.44 bits per heavy atom. The summed E-state index contributed by atoms with van der Waals surface area (Å²) in [5.74, 6) is 0. The smallest absolute Gasteiger partial charge is 0.0897 e. The molecule has 1 aromatic heterocycles. The van der Waals surface area contributed by atoms with Crippen molar-refractivity contribution >= 4 is 11.3 Å². The van der Waals surface area contributed by atoms with E-state index in [0.717, 1.165) is 23.7 Å². The minimum absolute atomic E-state index is 0.402. The third-order valence-corrected chi connectivity index (χ3v) is 2.94. The van der Waals surface area contributed by atoms with Crippen LogP contribution in [-0.2, 0) is 11.2 Å². The highest BCUT2D eigenvalue weighted by molar-refractivity contribution is 7.09. The van der Waals surface area contributed by atoms with Crippen molar-refractivity contribution in [3.05, 3.63) is 16.1 Å². The lowest BCUT2D eigenvalue weighted by molar-refractivity contribution is 0.0430. The Morgan fingerprint density at radius 3 is 3.06 bits per heavy atom. The SMILES string of the molecule is CCOCC(O)CNCCc1csc(C)n1. The maximum atomic E-state index is 9.48. The first kappa shape index (κ1) is 13.6. The van der Waals surface area contributed by atoms with E-state index in [1.807, 2.05) is 13.8 Å². The molecule has 0 amide bonds. The maximum absolute atomic E-state index is 9.48. The van der Waals surface area contributed by atoms with Gasteiger partial charge < -0.3 is 15.2 Å². The lowest BCUT2D eigenvalue weighted by Crippen LogP contribution is -2.31. The van der Waals surface area contributed by atoms with E-state index in [2.05, 4.69) is 15.7 Å². The molecule has 0 radical (unpaired) electrons. The quantitative estimate of drug-likeness (QED) is 0.669. The summed E-state index contributed by atoms with van der Waals surface area (Å²) >= 11 is 1.67. The third-order valence-electron chi connectivity index (χ3n) is 2.12. The molecule has 0 saturated heterocycles. The Morgan fingerprint density at radius 1 is 1.62 bits per heavy atom. The fourth-order valence-corrected chi connectivity index (χ4v) is 1.97. The first-order valence-electron chi connectivity index (χ1n) is 5.60. The lowest BCUT2D eigenvalue weighted by atomic mass is 10.3. The van der Waals surface area contributed by atoms with Crippen LogP contribution in [-0.4, -0.2) is 42.5 Å². The number of ether oxygens (including phenoxy) is 1. The summed E-state index contributed by atoms with van der Waals surface area (Å²) in [6.45, 7) is 6.39. The molecule has 2 N–H and O–H groups in total. The Labute approximate surface area is 101 Å². The monoisotopic (exact) mass is 244 g/mol. The molecule has 5 heteroatoms. The van der Waals surface area contributed by atoms with Gasteiger partial charge in [-0.05, 0) is 13.8 Å². The lowest BCUT2D eigenvalue weighted by Gasteiger charge is -2.10. The zero-order valence-corrected chi connectivity index (χ0v) is 10.7. The Balaban J connectivity index is 2.03. The number of hydrogen-bond donors (Lipinski definition) is 2. The molecule has 16 heavy (non-hydrogen) atoms. The molecule has 0 bridgehead atoms. The van der Waals surface area contributed by atoms with Crippen molar-refractivity contribution in [3.8, 4) is 0 Å². The molecule has 0 aliphatic heterocycles. The molecule has 0 saturated carbocycles. The summed E-state index contributed by atoms with van der Waals surface area (Å²) in [4.78, 5) is 4.37. The number of hydrogen-bond acceptors (Lipinski definition) is 5. The van der Waals surface area contributed by atoms with E-state index in [-0.39, 0.29) is 0 Å². The first-order valence-corrected chi connectivity index (χ1v) is 6.48. The fourth-order valence-electron chi connectivity index (χ4n) is 1.32. The number of thiazole rings is 1. The van der Waals surface area contributed by atoms with Gasteiger partial charge in [-0.25, -0.2) is 4.98 Å². The second-order valence-corrected chi connectivity index (χ2v) is 4.69. The van der Waals surface area contributed by atoms with Gasteiger partial charge in [0.25, 0.3) is 0 Å². The Hall–Kier alpha value is -0.490. The summed E-state index contributed by atoms with van der Waals surface area (Å²) in [6.07, 6.45) is 0.489. The van der Waals surface area contributed by atoms with Gasteiger partial charge in [-0.3, -0.25) is 0 Å². The zero-order valence-electron chi connectivity index (χ0n) is 9.90. The van der Waals surface area contributed by atoms with Crippen LogP contribution < -0.4 is 5.32 Å². The Kier molecular flexibility index (Phi) is 6.56. The predicted molar refractivity (Wildman–Crippen MR) is 65.9 cm³/mol. The summed E-state index contributed by atoms with van der Waals surface area (Å²) in [6, 6.07) is 0. The third kappa shape index (κ3) is 5.55. The fraction of sp³-hybridized carbons (Fsp3) is 0.727.